The molecule has 0 amide bonds. The summed E-state index contributed by atoms with van der Waals surface area (Å²) in [6, 6.07) is 4.34. The highest BCUT2D eigenvalue weighted by Gasteiger charge is 2.36. The molecule has 2 unspecified atom stereocenters. The summed E-state index contributed by atoms with van der Waals surface area (Å²) in [5, 5.41) is 3.43. The molecule has 17 heavy (non-hydrogen) atoms. The maximum absolute atomic E-state index is 5.78. The van der Waals surface area contributed by atoms with Gasteiger partial charge in [0.05, 0.1) is 12.3 Å². The first-order valence-corrected chi connectivity index (χ1v) is 6.40. The average molecular weight is 235 g/mol. The van der Waals surface area contributed by atoms with Crippen LogP contribution in [-0.4, -0.2) is 17.6 Å². The molecule has 0 spiro atoms. The van der Waals surface area contributed by atoms with Crippen LogP contribution in [0.4, 0.5) is 11.5 Å². The van der Waals surface area contributed by atoms with Gasteiger partial charge in [-0.2, -0.15) is 4.98 Å². The molecular formula is C13H21N3O. The van der Waals surface area contributed by atoms with Crippen LogP contribution in [0, 0.1) is 5.92 Å². The van der Waals surface area contributed by atoms with E-state index in [4.69, 9.17) is 10.5 Å². The highest BCUT2D eigenvalue weighted by molar-refractivity contribution is 5.54. The van der Waals surface area contributed by atoms with Gasteiger partial charge in [-0.3, -0.25) is 0 Å². The van der Waals surface area contributed by atoms with Crippen molar-refractivity contribution in [3.63, 3.8) is 0 Å². The Morgan fingerprint density at radius 2 is 2.29 bits per heavy atom. The molecule has 1 heterocycles. The van der Waals surface area contributed by atoms with E-state index in [9.17, 15) is 0 Å². The topological polar surface area (TPSA) is 60.2 Å². The van der Waals surface area contributed by atoms with E-state index < -0.39 is 0 Å². The van der Waals surface area contributed by atoms with E-state index in [2.05, 4.69) is 17.2 Å². The van der Waals surface area contributed by atoms with Crippen LogP contribution in [0.5, 0.6) is 5.88 Å². The molecule has 1 aliphatic carbocycles. The molecule has 0 aliphatic heterocycles. The van der Waals surface area contributed by atoms with Crippen molar-refractivity contribution in [1.82, 2.24) is 4.98 Å². The van der Waals surface area contributed by atoms with Gasteiger partial charge in [-0.1, -0.05) is 13.3 Å². The van der Waals surface area contributed by atoms with E-state index in [1.54, 1.807) is 0 Å². The van der Waals surface area contributed by atoms with Crippen LogP contribution in [0.2, 0.25) is 0 Å². The summed E-state index contributed by atoms with van der Waals surface area (Å²) in [6.07, 6.45) is 3.80. The smallest absolute Gasteiger partial charge is 0.239 e. The van der Waals surface area contributed by atoms with E-state index >= 15 is 0 Å². The SMILES string of the molecule is CCCC1CC1Nc1ccc(N)c(OCC)n1. The van der Waals surface area contributed by atoms with Gasteiger partial charge in [0, 0.05) is 6.04 Å². The Morgan fingerprint density at radius 3 is 3.00 bits per heavy atom. The standard InChI is InChI=1S/C13H21N3O/c1-3-5-9-8-11(9)15-12-7-6-10(14)13(16-12)17-4-2/h6-7,9,11H,3-5,8,14H2,1-2H3,(H,15,16). The number of aromatic nitrogens is 1. The lowest BCUT2D eigenvalue weighted by molar-refractivity contribution is 0.329. The Kier molecular flexibility index (Phi) is 3.71. The summed E-state index contributed by atoms with van der Waals surface area (Å²) in [5.74, 6) is 2.21. The zero-order valence-corrected chi connectivity index (χ0v) is 10.6. The third-order valence-electron chi connectivity index (χ3n) is 3.09. The number of nitrogen functional groups attached to an aromatic ring is 1. The Bertz CT molecular complexity index is 381. The molecule has 0 aromatic carbocycles. The molecule has 1 aromatic rings. The van der Waals surface area contributed by atoms with Crippen molar-refractivity contribution in [3.8, 4) is 5.88 Å². The second-order valence-corrected chi connectivity index (χ2v) is 4.56. The predicted octanol–water partition coefficient (Wildman–Crippen LogP) is 2.66. The van der Waals surface area contributed by atoms with E-state index in [0.717, 1.165) is 11.7 Å². The number of hydrogen-bond acceptors (Lipinski definition) is 4. The third-order valence-corrected chi connectivity index (χ3v) is 3.09. The molecule has 4 nitrogen and oxygen atoms in total. The minimum atomic E-state index is 0.533. The Balaban J connectivity index is 1.95. The van der Waals surface area contributed by atoms with E-state index in [-0.39, 0.29) is 0 Å². The van der Waals surface area contributed by atoms with Gasteiger partial charge in [-0.15, -0.1) is 0 Å². The van der Waals surface area contributed by atoms with Gasteiger partial charge in [0.25, 0.3) is 0 Å². The van der Waals surface area contributed by atoms with Gasteiger partial charge in [-0.25, -0.2) is 0 Å². The van der Waals surface area contributed by atoms with Crippen LogP contribution in [0.25, 0.3) is 0 Å². The number of ether oxygens (including phenoxy) is 1. The summed E-state index contributed by atoms with van der Waals surface area (Å²) in [4.78, 5) is 4.38. The maximum atomic E-state index is 5.78. The molecule has 0 saturated heterocycles. The van der Waals surface area contributed by atoms with Gasteiger partial charge in [0.15, 0.2) is 0 Å². The minimum absolute atomic E-state index is 0.533. The van der Waals surface area contributed by atoms with E-state index in [0.29, 0.717) is 24.2 Å². The molecule has 4 heteroatoms. The molecule has 3 N–H and O–H groups in total. The van der Waals surface area contributed by atoms with E-state index in [1.807, 2.05) is 19.1 Å². The second-order valence-electron chi connectivity index (χ2n) is 4.56. The molecule has 94 valence electrons. The molecule has 0 bridgehead atoms. The lowest BCUT2D eigenvalue weighted by Gasteiger charge is -2.09. The van der Waals surface area contributed by atoms with E-state index in [1.165, 1.54) is 19.3 Å². The largest absolute Gasteiger partial charge is 0.476 e. The predicted molar refractivity (Wildman–Crippen MR) is 70.2 cm³/mol. The number of pyridine rings is 1. The first-order valence-electron chi connectivity index (χ1n) is 6.40. The first-order chi connectivity index (χ1) is 8.24. The van der Waals surface area contributed by atoms with Gasteiger partial charge < -0.3 is 15.8 Å². The monoisotopic (exact) mass is 235 g/mol. The average Bonchev–Trinajstić information content (AvgIpc) is 3.02. The normalized spacial score (nSPS) is 22.2. The first kappa shape index (κ1) is 12.0. The number of hydrogen-bond donors (Lipinski definition) is 2. The lowest BCUT2D eigenvalue weighted by atomic mass is 10.2. The molecule has 1 aromatic heterocycles. The van der Waals surface area contributed by atoms with Crippen LogP contribution in [-0.2, 0) is 0 Å². The highest BCUT2D eigenvalue weighted by Crippen LogP contribution is 2.37. The van der Waals surface area contributed by atoms with Crippen molar-refractivity contribution in [3.05, 3.63) is 12.1 Å². The van der Waals surface area contributed by atoms with Crippen molar-refractivity contribution in [1.29, 1.82) is 0 Å². The second kappa shape index (κ2) is 5.25. The summed E-state index contributed by atoms with van der Waals surface area (Å²) in [5.41, 5.74) is 6.38. The fourth-order valence-corrected chi connectivity index (χ4v) is 2.09. The Morgan fingerprint density at radius 1 is 1.47 bits per heavy atom. The Labute approximate surface area is 103 Å². The maximum Gasteiger partial charge on any atom is 0.239 e. The lowest BCUT2D eigenvalue weighted by Crippen LogP contribution is -2.08. The zero-order chi connectivity index (χ0) is 12.3. The number of nitrogens with one attached hydrogen (secondary N) is 1. The highest BCUT2D eigenvalue weighted by atomic mass is 16.5. The number of nitrogens with two attached hydrogens (primary N) is 1. The van der Waals surface area contributed by atoms with Gasteiger partial charge >= 0.3 is 0 Å². The Hall–Kier alpha value is -1.45. The molecular weight excluding hydrogens is 214 g/mol. The summed E-state index contributed by atoms with van der Waals surface area (Å²) in [7, 11) is 0. The van der Waals surface area contributed by atoms with Crippen molar-refractivity contribution in [2.24, 2.45) is 5.92 Å². The van der Waals surface area contributed by atoms with Crippen molar-refractivity contribution in [2.75, 3.05) is 17.7 Å². The molecule has 2 atom stereocenters. The minimum Gasteiger partial charge on any atom is -0.476 e. The van der Waals surface area contributed by atoms with Crippen molar-refractivity contribution >= 4 is 11.5 Å². The van der Waals surface area contributed by atoms with Crippen LogP contribution >= 0.6 is 0 Å². The zero-order valence-electron chi connectivity index (χ0n) is 10.6. The fourth-order valence-electron chi connectivity index (χ4n) is 2.09. The van der Waals surface area contributed by atoms with Gasteiger partial charge in [-0.05, 0) is 37.8 Å². The van der Waals surface area contributed by atoms with Crippen LogP contribution in [0.15, 0.2) is 12.1 Å². The van der Waals surface area contributed by atoms with Crippen LogP contribution < -0.4 is 15.8 Å². The number of anilines is 2. The fraction of sp³-hybridized carbons (Fsp3) is 0.615. The van der Waals surface area contributed by atoms with Crippen molar-refractivity contribution < 1.29 is 4.74 Å². The molecule has 1 saturated carbocycles. The number of rotatable bonds is 6. The molecule has 0 radical (unpaired) electrons. The summed E-state index contributed by atoms with van der Waals surface area (Å²) < 4.78 is 5.38. The molecule has 1 aliphatic rings. The summed E-state index contributed by atoms with van der Waals surface area (Å²) >= 11 is 0. The van der Waals surface area contributed by atoms with Crippen molar-refractivity contribution in [2.45, 2.75) is 39.2 Å². The van der Waals surface area contributed by atoms with Gasteiger partial charge in [0.1, 0.15) is 5.82 Å². The van der Waals surface area contributed by atoms with Crippen LogP contribution in [0.3, 0.4) is 0 Å². The third kappa shape index (κ3) is 3.02. The number of nitrogens with zero attached hydrogens (tertiary/aromatic N) is 1. The molecule has 2 rings (SSSR count). The summed E-state index contributed by atoms with van der Waals surface area (Å²) in [6.45, 7) is 4.74. The van der Waals surface area contributed by atoms with Gasteiger partial charge in [0.2, 0.25) is 5.88 Å². The molecule has 1 fully saturated rings. The quantitative estimate of drug-likeness (QED) is 0.795. The van der Waals surface area contributed by atoms with Crippen LogP contribution in [0.1, 0.15) is 33.1 Å².